The SMILES string of the molecule is CNC(=O)[C@@H]1CN(C(=O)CCCS(=O)(=O)c2ccccc2)CCN1C(C)=O. The predicted octanol–water partition coefficient (Wildman–Crippen LogP) is 0.0458. The maximum atomic E-state index is 12.4. The third-order valence-corrected chi connectivity index (χ3v) is 6.41. The zero-order valence-electron chi connectivity index (χ0n) is 15.6. The lowest BCUT2D eigenvalue weighted by Crippen LogP contribution is -2.60. The molecule has 148 valence electrons. The van der Waals surface area contributed by atoms with Crippen LogP contribution < -0.4 is 5.32 Å². The van der Waals surface area contributed by atoms with Crippen molar-refractivity contribution < 1.29 is 22.8 Å². The number of amides is 3. The molecule has 0 aromatic heterocycles. The predicted molar refractivity (Wildman–Crippen MR) is 99.6 cm³/mol. The summed E-state index contributed by atoms with van der Waals surface area (Å²) in [7, 11) is -1.94. The fraction of sp³-hybridized carbons (Fsp3) is 0.500. The zero-order chi connectivity index (χ0) is 20.0. The third kappa shape index (κ3) is 5.29. The molecule has 1 heterocycles. The van der Waals surface area contributed by atoms with Crippen LogP contribution in [0.25, 0.3) is 0 Å². The van der Waals surface area contributed by atoms with Crippen molar-refractivity contribution in [1.29, 1.82) is 0 Å². The molecule has 1 aliphatic rings. The van der Waals surface area contributed by atoms with E-state index in [-0.39, 0.29) is 54.3 Å². The van der Waals surface area contributed by atoms with Crippen LogP contribution >= 0.6 is 0 Å². The Labute approximate surface area is 159 Å². The van der Waals surface area contributed by atoms with Crippen molar-refractivity contribution in [3.63, 3.8) is 0 Å². The second-order valence-corrected chi connectivity index (χ2v) is 8.53. The summed E-state index contributed by atoms with van der Waals surface area (Å²) in [6.07, 6.45) is 0.278. The van der Waals surface area contributed by atoms with Gasteiger partial charge in [0.05, 0.1) is 17.2 Å². The topological polar surface area (TPSA) is 104 Å². The van der Waals surface area contributed by atoms with Crippen LogP contribution in [-0.2, 0) is 24.2 Å². The number of hydrogen-bond acceptors (Lipinski definition) is 5. The lowest BCUT2D eigenvalue weighted by molar-refractivity contribution is -0.147. The monoisotopic (exact) mass is 395 g/mol. The van der Waals surface area contributed by atoms with E-state index in [0.29, 0.717) is 6.54 Å². The molecule has 1 aliphatic heterocycles. The molecule has 0 bridgehead atoms. The lowest BCUT2D eigenvalue weighted by Gasteiger charge is -2.40. The number of benzene rings is 1. The van der Waals surface area contributed by atoms with Gasteiger partial charge < -0.3 is 15.1 Å². The van der Waals surface area contributed by atoms with Crippen molar-refractivity contribution >= 4 is 27.6 Å². The van der Waals surface area contributed by atoms with Crippen LogP contribution in [0.1, 0.15) is 19.8 Å². The van der Waals surface area contributed by atoms with Gasteiger partial charge in [0, 0.05) is 33.5 Å². The van der Waals surface area contributed by atoms with Gasteiger partial charge in [-0.3, -0.25) is 14.4 Å². The highest BCUT2D eigenvalue weighted by Crippen LogP contribution is 2.15. The maximum Gasteiger partial charge on any atom is 0.244 e. The van der Waals surface area contributed by atoms with Crippen LogP contribution in [-0.4, -0.2) is 74.4 Å². The summed E-state index contributed by atoms with van der Waals surface area (Å²) in [6.45, 7) is 2.12. The van der Waals surface area contributed by atoms with Gasteiger partial charge in [-0.05, 0) is 18.6 Å². The van der Waals surface area contributed by atoms with Gasteiger partial charge in [-0.1, -0.05) is 18.2 Å². The molecule has 27 heavy (non-hydrogen) atoms. The molecule has 0 spiro atoms. The van der Waals surface area contributed by atoms with Crippen LogP contribution in [0.3, 0.4) is 0 Å². The summed E-state index contributed by atoms with van der Waals surface area (Å²) in [5, 5.41) is 2.51. The van der Waals surface area contributed by atoms with Crippen LogP contribution in [0.15, 0.2) is 35.2 Å². The smallest absolute Gasteiger partial charge is 0.244 e. The van der Waals surface area contributed by atoms with E-state index in [1.165, 1.54) is 35.9 Å². The molecule has 0 radical (unpaired) electrons. The van der Waals surface area contributed by atoms with Crippen LogP contribution in [0, 0.1) is 0 Å². The molecule has 1 aromatic rings. The number of nitrogens with zero attached hydrogens (tertiary/aromatic N) is 2. The average molecular weight is 395 g/mol. The van der Waals surface area contributed by atoms with Crippen molar-refractivity contribution in [3.05, 3.63) is 30.3 Å². The molecule has 8 nitrogen and oxygen atoms in total. The third-order valence-electron chi connectivity index (χ3n) is 4.59. The number of carbonyl (C=O) groups is 3. The summed E-state index contributed by atoms with van der Waals surface area (Å²) in [6, 6.07) is 7.40. The number of piperazine rings is 1. The normalized spacial score (nSPS) is 17.5. The van der Waals surface area contributed by atoms with Crippen LogP contribution in [0.4, 0.5) is 0 Å². The standard InChI is InChI=1S/C18H25N3O5S/c1-14(22)21-11-10-20(13-16(21)18(24)19-2)17(23)9-6-12-27(25,26)15-7-4-3-5-8-15/h3-5,7-8,16H,6,9-13H2,1-2H3,(H,19,24)/t16-/m0/s1. The van der Waals surface area contributed by atoms with E-state index in [1.54, 1.807) is 18.2 Å². The van der Waals surface area contributed by atoms with Gasteiger partial charge in [-0.2, -0.15) is 0 Å². The Morgan fingerprint density at radius 3 is 2.41 bits per heavy atom. The molecule has 3 amide bonds. The fourth-order valence-electron chi connectivity index (χ4n) is 3.09. The van der Waals surface area contributed by atoms with Crippen molar-refractivity contribution in [3.8, 4) is 0 Å². The molecule has 1 saturated heterocycles. The highest BCUT2D eigenvalue weighted by atomic mass is 32.2. The van der Waals surface area contributed by atoms with Gasteiger partial charge in [-0.15, -0.1) is 0 Å². The summed E-state index contributed by atoms with van der Waals surface area (Å²) in [4.78, 5) is 39.4. The van der Waals surface area contributed by atoms with Gasteiger partial charge in [-0.25, -0.2) is 8.42 Å². The Hall–Kier alpha value is -2.42. The largest absolute Gasteiger partial charge is 0.357 e. The highest BCUT2D eigenvalue weighted by Gasteiger charge is 2.35. The minimum Gasteiger partial charge on any atom is -0.357 e. The van der Waals surface area contributed by atoms with Gasteiger partial charge in [0.2, 0.25) is 17.7 Å². The van der Waals surface area contributed by atoms with Crippen LogP contribution in [0.5, 0.6) is 0 Å². The molecule has 1 fully saturated rings. The second kappa shape index (κ2) is 8.98. The van der Waals surface area contributed by atoms with Crippen molar-refractivity contribution in [1.82, 2.24) is 15.1 Å². The van der Waals surface area contributed by atoms with Gasteiger partial charge in [0.1, 0.15) is 6.04 Å². The Bertz CT molecular complexity index is 794. The number of carbonyl (C=O) groups excluding carboxylic acids is 3. The first-order valence-corrected chi connectivity index (χ1v) is 10.5. The molecule has 0 aliphatic carbocycles. The minimum atomic E-state index is -3.42. The van der Waals surface area contributed by atoms with Gasteiger partial charge >= 0.3 is 0 Å². The molecule has 0 saturated carbocycles. The fourth-order valence-corrected chi connectivity index (χ4v) is 4.43. The first-order valence-electron chi connectivity index (χ1n) is 8.80. The number of rotatable bonds is 6. The van der Waals surface area contributed by atoms with E-state index >= 15 is 0 Å². The quantitative estimate of drug-likeness (QED) is 0.733. The van der Waals surface area contributed by atoms with E-state index in [9.17, 15) is 22.8 Å². The second-order valence-electron chi connectivity index (χ2n) is 6.42. The number of hydrogen-bond donors (Lipinski definition) is 1. The molecular formula is C18H25N3O5S. The summed E-state index contributed by atoms with van der Waals surface area (Å²) in [5.74, 6) is -0.871. The number of nitrogens with one attached hydrogen (secondary N) is 1. The first kappa shape index (κ1) is 20.9. The van der Waals surface area contributed by atoms with E-state index in [4.69, 9.17) is 0 Å². The first-order chi connectivity index (χ1) is 12.8. The Morgan fingerprint density at radius 2 is 1.81 bits per heavy atom. The van der Waals surface area contributed by atoms with Crippen LogP contribution in [0.2, 0.25) is 0 Å². The highest BCUT2D eigenvalue weighted by molar-refractivity contribution is 7.91. The van der Waals surface area contributed by atoms with E-state index in [1.807, 2.05) is 0 Å². The van der Waals surface area contributed by atoms with Gasteiger partial charge in [0.25, 0.3) is 0 Å². The molecule has 1 atom stereocenters. The van der Waals surface area contributed by atoms with Crippen molar-refractivity contribution in [2.24, 2.45) is 0 Å². The minimum absolute atomic E-state index is 0.0760. The lowest BCUT2D eigenvalue weighted by atomic mass is 10.1. The molecule has 9 heteroatoms. The summed E-state index contributed by atoms with van der Waals surface area (Å²) >= 11 is 0. The Kier molecular flexibility index (Phi) is 6.95. The van der Waals surface area contributed by atoms with Crippen molar-refractivity contribution in [2.45, 2.75) is 30.7 Å². The molecule has 0 unspecified atom stereocenters. The van der Waals surface area contributed by atoms with E-state index in [2.05, 4.69) is 5.32 Å². The molecular weight excluding hydrogens is 370 g/mol. The molecule has 2 rings (SSSR count). The summed E-state index contributed by atoms with van der Waals surface area (Å²) in [5.41, 5.74) is 0. The number of likely N-dealkylation sites (N-methyl/N-ethyl adjacent to an activating group) is 1. The molecule has 1 aromatic carbocycles. The van der Waals surface area contributed by atoms with E-state index < -0.39 is 15.9 Å². The van der Waals surface area contributed by atoms with E-state index in [0.717, 1.165) is 0 Å². The van der Waals surface area contributed by atoms with Crippen molar-refractivity contribution in [2.75, 3.05) is 32.4 Å². The average Bonchev–Trinajstić information content (AvgIpc) is 2.67. The maximum absolute atomic E-state index is 12.4. The zero-order valence-corrected chi connectivity index (χ0v) is 16.4. The molecule has 1 N–H and O–H groups in total. The Morgan fingerprint density at radius 1 is 1.15 bits per heavy atom. The number of sulfone groups is 1. The Balaban J connectivity index is 1.92. The van der Waals surface area contributed by atoms with Gasteiger partial charge in [0.15, 0.2) is 9.84 Å². The summed E-state index contributed by atoms with van der Waals surface area (Å²) < 4.78 is 24.5.